The number of alkyl halides is 1. The van der Waals surface area contributed by atoms with Crippen LogP contribution in [0.5, 0.6) is 0 Å². The highest BCUT2D eigenvalue weighted by molar-refractivity contribution is 7.98. The molecule has 0 atom stereocenters. The molecule has 0 amide bonds. The summed E-state index contributed by atoms with van der Waals surface area (Å²) in [4.78, 5) is 24.6. The predicted octanol–water partition coefficient (Wildman–Crippen LogP) is 3.31. The fourth-order valence-electron chi connectivity index (χ4n) is 1.44. The van der Waals surface area contributed by atoms with Gasteiger partial charge in [-0.2, -0.15) is 0 Å². The number of hydrogen-bond donors (Lipinski definition) is 1. The molecule has 2 aromatic heterocycles. The highest BCUT2D eigenvalue weighted by Gasteiger charge is 2.17. The molecule has 0 aliphatic rings. The van der Waals surface area contributed by atoms with Crippen LogP contribution in [0.3, 0.4) is 0 Å². The van der Waals surface area contributed by atoms with Crippen LogP contribution in [0.2, 0.25) is 0 Å². The lowest BCUT2D eigenvalue weighted by Gasteiger charge is -2.09. The van der Waals surface area contributed by atoms with E-state index in [1.54, 1.807) is 6.92 Å². The van der Waals surface area contributed by atoms with Gasteiger partial charge in [0.2, 0.25) is 0 Å². The van der Waals surface area contributed by atoms with Gasteiger partial charge < -0.3 is 10.1 Å². The summed E-state index contributed by atoms with van der Waals surface area (Å²) < 4.78 is 5.00. The maximum absolute atomic E-state index is 11.9. The van der Waals surface area contributed by atoms with E-state index in [0.29, 0.717) is 22.0 Å². The van der Waals surface area contributed by atoms with Gasteiger partial charge in [0.05, 0.1) is 18.2 Å². The summed E-state index contributed by atoms with van der Waals surface area (Å²) in [6.07, 6.45) is 3.31. The molecule has 2 rings (SSSR count). The van der Waals surface area contributed by atoms with Gasteiger partial charge in [0, 0.05) is 11.6 Å². The monoisotopic (exact) mass is 344 g/mol. The number of nitrogens with one attached hydrogen (secondary N) is 1. The maximum atomic E-state index is 11.9. The third-order valence-corrected chi connectivity index (χ3v) is 4.00. The van der Waals surface area contributed by atoms with Gasteiger partial charge in [-0.15, -0.1) is 22.9 Å². The molecule has 0 aliphatic carbocycles. The van der Waals surface area contributed by atoms with Crippen LogP contribution in [0, 0.1) is 0 Å². The summed E-state index contributed by atoms with van der Waals surface area (Å²) in [5.41, 5.74) is 1.04. The number of thiazole rings is 1. The number of thioether (sulfide) groups is 1. The molecular formula is C12H13ClN4O2S2. The molecule has 0 unspecified atom stereocenters. The van der Waals surface area contributed by atoms with Crippen LogP contribution < -0.4 is 5.32 Å². The van der Waals surface area contributed by atoms with Crippen molar-refractivity contribution in [1.82, 2.24) is 15.0 Å². The normalized spacial score (nSPS) is 10.4. The zero-order valence-electron chi connectivity index (χ0n) is 11.4. The SMILES string of the molecule is CCOC(=O)c1cnc(SC)nc1Nc1nc(CCl)cs1. The van der Waals surface area contributed by atoms with Gasteiger partial charge in [0.25, 0.3) is 0 Å². The van der Waals surface area contributed by atoms with Crippen LogP contribution in [-0.2, 0) is 10.6 Å². The Kier molecular flexibility index (Phi) is 5.77. The third kappa shape index (κ3) is 4.05. The van der Waals surface area contributed by atoms with E-state index >= 15 is 0 Å². The molecule has 0 aromatic carbocycles. The van der Waals surface area contributed by atoms with Crippen molar-refractivity contribution < 1.29 is 9.53 Å². The largest absolute Gasteiger partial charge is 0.462 e. The Hall–Kier alpha value is -1.38. The number of esters is 1. The average Bonchev–Trinajstić information content (AvgIpc) is 2.95. The molecule has 9 heteroatoms. The van der Waals surface area contributed by atoms with Gasteiger partial charge in [-0.3, -0.25) is 0 Å². The topological polar surface area (TPSA) is 77.0 Å². The van der Waals surface area contributed by atoms with E-state index in [2.05, 4.69) is 20.3 Å². The molecule has 2 heterocycles. The van der Waals surface area contributed by atoms with E-state index in [0.717, 1.165) is 5.69 Å². The van der Waals surface area contributed by atoms with Gasteiger partial charge in [0.15, 0.2) is 16.1 Å². The van der Waals surface area contributed by atoms with Crippen LogP contribution in [0.15, 0.2) is 16.7 Å². The Bertz CT molecular complexity index is 635. The van der Waals surface area contributed by atoms with E-state index in [9.17, 15) is 4.79 Å². The number of anilines is 2. The summed E-state index contributed by atoms with van der Waals surface area (Å²) in [6, 6.07) is 0. The second kappa shape index (κ2) is 7.58. The van der Waals surface area contributed by atoms with Gasteiger partial charge in [0.1, 0.15) is 5.56 Å². The van der Waals surface area contributed by atoms with Crippen molar-refractivity contribution in [3.8, 4) is 0 Å². The summed E-state index contributed by atoms with van der Waals surface area (Å²) >= 11 is 8.50. The van der Waals surface area contributed by atoms with Gasteiger partial charge in [-0.05, 0) is 13.2 Å². The van der Waals surface area contributed by atoms with Crippen LogP contribution in [0.1, 0.15) is 23.0 Å². The smallest absolute Gasteiger partial charge is 0.343 e. The van der Waals surface area contributed by atoms with E-state index < -0.39 is 5.97 Å². The number of nitrogens with zero attached hydrogens (tertiary/aromatic N) is 3. The first-order valence-electron chi connectivity index (χ1n) is 6.03. The van der Waals surface area contributed by atoms with Crippen molar-refractivity contribution in [3.05, 3.63) is 22.8 Å². The molecule has 0 bridgehead atoms. The van der Waals surface area contributed by atoms with Gasteiger partial charge in [-0.1, -0.05) is 11.8 Å². The van der Waals surface area contributed by atoms with Crippen molar-refractivity contribution in [1.29, 1.82) is 0 Å². The molecule has 0 spiro atoms. The number of ether oxygens (including phenoxy) is 1. The Morgan fingerprint density at radius 3 is 2.95 bits per heavy atom. The Labute approximate surface area is 135 Å². The van der Waals surface area contributed by atoms with Crippen LogP contribution in [-0.4, -0.2) is 33.8 Å². The Morgan fingerprint density at radius 2 is 2.33 bits per heavy atom. The highest BCUT2D eigenvalue weighted by Crippen LogP contribution is 2.24. The molecule has 0 aliphatic heterocycles. The minimum Gasteiger partial charge on any atom is -0.462 e. The van der Waals surface area contributed by atoms with Crippen LogP contribution >= 0.6 is 34.7 Å². The minimum absolute atomic E-state index is 0.275. The first kappa shape index (κ1) is 16.0. The van der Waals surface area contributed by atoms with E-state index in [1.165, 1.54) is 29.3 Å². The number of halogens is 1. The quantitative estimate of drug-likeness (QED) is 0.373. The molecule has 0 saturated carbocycles. The average molecular weight is 345 g/mol. The molecule has 0 saturated heterocycles. The number of carbonyl (C=O) groups excluding carboxylic acids is 1. The molecule has 21 heavy (non-hydrogen) atoms. The number of aromatic nitrogens is 3. The first-order valence-corrected chi connectivity index (χ1v) is 8.67. The summed E-state index contributed by atoms with van der Waals surface area (Å²) in [5.74, 6) is 0.244. The number of carbonyl (C=O) groups is 1. The van der Waals surface area contributed by atoms with Crippen LogP contribution in [0.4, 0.5) is 10.9 Å². The molecule has 112 valence electrons. The molecular weight excluding hydrogens is 332 g/mol. The zero-order chi connectivity index (χ0) is 15.2. The molecule has 1 N–H and O–H groups in total. The Morgan fingerprint density at radius 1 is 1.52 bits per heavy atom. The summed E-state index contributed by atoms with van der Waals surface area (Å²) in [7, 11) is 0. The van der Waals surface area contributed by atoms with Crippen molar-refractivity contribution in [3.63, 3.8) is 0 Å². The third-order valence-electron chi connectivity index (χ3n) is 2.36. The maximum Gasteiger partial charge on any atom is 0.343 e. The number of hydrogen-bond acceptors (Lipinski definition) is 8. The lowest BCUT2D eigenvalue weighted by atomic mass is 10.3. The Balaban J connectivity index is 2.31. The number of rotatable bonds is 6. The fourth-order valence-corrected chi connectivity index (χ4v) is 2.72. The van der Waals surface area contributed by atoms with Gasteiger partial charge in [-0.25, -0.2) is 19.7 Å². The van der Waals surface area contributed by atoms with Crippen molar-refractivity contribution in [2.45, 2.75) is 18.0 Å². The summed E-state index contributed by atoms with van der Waals surface area (Å²) in [6.45, 7) is 2.03. The van der Waals surface area contributed by atoms with E-state index in [1.807, 2.05) is 11.6 Å². The lowest BCUT2D eigenvalue weighted by Crippen LogP contribution is -2.10. The minimum atomic E-state index is -0.471. The lowest BCUT2D eigenvalue weighted by molar-refractivity contribution is 0.0526. The molecule has 6 nitrogen and oxygen atoms in total. The first-order chi connectivity index (χ1) is 10.2. The van der Waals surface area contributed by atoms with Crippen molar-refractivity contribution >= 4 is 51.6 Å². The molecule has 0 radical (unpaired) electrons. The standard InChI is InChI=1S/C12H13ClN4O2S2/c1-3-19-10(18)8-5-14-11(20-2)16-9(8)17-12-15-7(4-13)6-21-12/h5-6H,3-4H2,1-2H3,(H,14,15,16,17). The highest BCUT2D eigenvalue weighted by atomic mass is 35.5. The second-order valence-corrected chi connectivity index (χ2v) is 5.64. The fraction of sp³-hybridized carbons (Fsp3) is 0.333. The molecule has 2 aromatic rings. The predicted molar refractivity (Wildman–Crippen MR) is 84.7 cm³/mol. The van der Waals surface area contributed by atoms with Gasteiger partial charge >= 0.3 is 5.97 Å². The molecule has 0 fully saturated rings. The van der Waals surface area contributed by atoms with Crippen LogP contribution in [0.25, 0.3) is 0 Å². The van der Waals surface area contributed by atoms with E-state index in [-0.39, 0.29) is 12.2 Å². The zero-order valence-corrected chi connectivity index (χ0v) is 13.8. The summed E-state index contributed by atoms with van der Waals surface area (Å²) in [5, 5.41) is 6.04. The van der Waals surface area contributed by atoms with Crippen molar-refractivity contribution in [2.24, 2.45) is 0 Å². The van der Waals surface area contributed by atoms with E-state index in [4.69, 9.17) is 16.3 Å². The second-order valence-electron chi connectivity index (χ2n) is 3.74. The van der Waals surface area contributed by atoms with Crippen molar-refractivity contribution in [2.75, 3.05) is 18.2 Å².